The van der Waals surface area contributed by atoms with Crippen LogP contribution in [0.15, 0.2) is 24.3 Å². The zero-order valence-corrected chi connectivity index (χ0v) is 11.7. The molecule has 0 aliphatic heterocycles. The van der Waals surface area contributed by atoms with Crippen molar-refractivity contribution in [3.63, 3.8) is 0 Å². The quantitative estimate of drug-likeness (QED) is 0.512. The van der Waals surface area contributed by atoms with Crippen LogP contribution in [-0.2, 0) is 19.1 Å². The molecule has 8 nitrogen and oxygen atoms in total. The van der Waals surface area contributed by atoms with Crippen LogP contribution in [0.1, 0.15) is 23.2 Å². The number of ether oxygens (including phenoxy) is 1. The first-order chi connectivity index (χ1) is 10.1. The largest absolute Gasteiger partial charge is 0.481 e. The number of carboxylic acid groups (broad SMARTS) is 2. The van der Waals surface area contributed by atoms with Crippen molar-refractivity contribution < 1.29 is 39.2 Å². The molecule has 3 N–H and O–H groups in total. The Bertz CT molecular complexity index is 609. The number of hydrogen-bond acceptors (Lipinski definition) is 6. The number of benzene rings is 1. The zero-order valence-electron chi connectivity index (χ0n) is 11.0. The third-order valence-electron chi connectivity index (χ3n) is 2.57. The number of halogens is 1. The SMILES string of the molecule is O=C(O)CC(O)(CC(=O)OC(=O)c1ccc(Cl)cc1)C(=O)O. The minimum Gasteiger partial charge on any atom is -0.481 e. The monoisotopic (exact) mass is 330 g/mol. The first-order valence-corrected chi connectivity index (χ1v) is 6.20. The van der Waals surface area contributed by atoms with Crippen LogP contribution < -0.4 is 0 Å². The molecule has 0 radical (unpaired) electrons. The number of esters is 2. The van der Waals surface area contributed by atoms with Crippen molar-refractivity contribution in [3.05, 3.63) is 34.9 Å². The molecule has 22 heavy (non-hydrogen) atoms. The summed E-state index contributed by atoms with van der Waals surface area (Å²) in [4.78, 5) is 44.5. The van der Waals surface area contributed by atoms with Gasteiger partial charge in [0, 0.05) is 5.02 Å². The average Bonchev–Trinajstić information content (AvgIpc) is 2.37. The van der Waals surface area contributed by atoms with Crippen LogP contribution in [0, 0.1) is 0 Å². The van der Waals surface area contributed by atoms with Gasteiger partial charge in [-0.05, 0) is 24.3 Å². The van der Waals surface area contributed by atoms with Gasteiger partial charge in [-0.1, -0.05) is 11.6 Å². The van der Waals surface area contributed by atoms with Crippen molar-refractivity contribution in [2.45, 2.75) is 18.4 Å². The van der Waals surface area contributed by atoms with E-state index in [9.17, 15) is 24.3 Å². The van der Waals surface area contributed by atoms with Gasteiger partial charge in [0.15, 0.2) is 5.60 Å². The number of aliphatic carboxylic acids is 2. The molecule has 9 heteroatoms. The molecular weight excluding hydrogens is 320 g/mol. The van der Waals surface area contributed by atoms with Crippen LogP contribution in [-0.4, -0.2) is 44.8 Å². The number of aliphatic hydroxyl groups is 1. The first kappa shape index (κ1) is 17.6. The highest BCUT2D eigenvalue weighted by molar-refractivity contribution is 6.30. The Morgan fingerprint density at radius 2 is 1.59 bits per heavy atom. The highest BCUT2D eigenvalue weighted by Gasteiger charge is 2.41. The second-order valence-electron chi connectivity index (χ2n) is 4.35. The number of hydrogen-bond donors (Lipinski definition) is 3. The molecule has 0 aromatic heterocycles. The van der Waals surface area contributed by atoms with Gasteiger partial charge in [-0.25, -0.2) is 9.59 Å². The zero-order chi connectivity index (χ0) is 16.9. The number of carbonyl (C=O) groups excluding carboxylic acids is 2. The summed E-state index contributed by atoms with van der Waals surface area (Å²) in [6.07, 6.45) is -2.40. The van der Waals surface area contributed by atoms with Gasteiger partial charge >= 0.3 is 23.9 Å². The summed E-state index contributed by atoms with van der Waals surface area (Å²) in [5.74, 6) is -5.98. The molecule has 0 aliphatic rings. The van der Waals surface area contributed by atoms with E-state index in [1.165, 1.54) is 24.3 Å². The highest BCUT2D eigenvalue weighted by Crippen LogP contribution is 2.18. The van der Waals surface area contributed by atoms with Crippen LogP contribution in [0.4, 0.5) is 0 Å². The fourth-order valence-electron chi connectivity index (χ4n) is 1.49. The van der Waals surface area contributed by atoms with Crippen molar-refractivity contribution in [1.29, 1.82) is 0 Å². The Balaban J connectivity index is 2.75. The van der Waals surface area contributed by atoms with Crippen LogP contribution in [0.5, 0.6) is 0 Å². The number of rotatable bonds is 6. The van der Waals surface area contributed by atoms with Crippen molar-refractivity contribution in [2.24, 2.45) is 0 Å². The van der Waals surface area contributed by atoms with Crippen molar-refractivity contribution in [1.82, 2.24) is 0 Å². The van der Waals surface area contributed by atoms with Gasteiger partial charge in [-0.15, -0.1) is 0 Å². The smallest absolute Gasteiger partial charge is 0.345 e. The summed E-state index contributed by atoms with van der Waals surface area (Å²) in [5.41, 5.74) is -2.88. The van der Waals surface area contributed by atoms with Crippen LogP contribution in [0.2, 0.25) is 5.02 Å². The first-order valence-electron chi connectivity index (χ1n) is 5.82. The fourth-order valence-corrected chi connectivity index (χ4v) is 1.61. The highest BCUT2D eigenvalue weighted by atomic mass is 35.5. The molecule has 1 aromatic carbocycles. The van der Waals surface area contributed by atoms with Gasteiger partial charge in [0.25, 0.3) is 0 Å². The van der Waals surface area contributed by atoms with E-state index in [4.69, 9.17) is 21.8 Å². The van der Waals surface area contributed by atoms with E-state index in [1.54, 1.807) is 0 Å². The summed E-state index contributed by atoms with van der Waals surface area (Å²) >= 11 is 5.62. The van der Waals surface area contributed by atoms with E-state index in [1.807, 2.05) is 0 Å². The van der Waals surface area contributed by atoms with E-state index < -0.39 is 42.3 Å². The molecule has 118 valence electrons. The second kappa shape index (κ2) is 7.01. The minimum absolute atomic E-state index is 0.0187. The number of carbonyl (C=O) groups is 4. The molecule has 1 atom stereocenters. The van der Waals surface area contributed by atoms with Crippen molar-refractivity contribution in [2.75, 3.05) is 0 Å². The molecule has 0 heterocycles. The van der Waals surface area contributed by atoms with Gasteiger partial charge < -0.3 is 20.1 Å². The van der Waals surface area contributed by atoms with Gasteiger partial charge in [0.2, 0.25) is 0 Å². The Hall–Kier alpha value is -2.45. The predicted octanol–water partition coefficient (Wildman–Crippen LogP) is 0.704. The Morgan fingerprint density at radius 3 is 2.05 bits per heavy atom. The lowest BCUT2D eigenvalue weighted by molar-refractivity contribution is -0.170. The van der Waals surface area contributed by atoms with Crippen LogP contribution >= 0.6 is 11.6 Å². The molecule has 1 aromatic rings. The summed E-state index contributed by atoms with van der Waals surface area (Å²) in [5, 5.41) is 27.3. The van der Waals surface area contributed by atoms with E-state index >= 15 is 0 Å². The molecule has 0 bridgehead atoms. The Morgan fingerprint density at radius 1 is 1.05 bits per heavy atom. The third-order valence-corrected chi connectivity index (χ3v) is 2.82. The molecule has 1 unspecified atom stereocenters. The van der Waals surface area contributed by atoms with Gasteiger partial charge in [0.05, 0.1) is 18.4 Å². The maximum absolute atomic E-state index is 11.6. The normalized spacial score (nSPS) is 13.0. The molecule has 0 saturated heterocycles. The third kappa shape index (κ3) is 4.83. The predicted molar refractivity (Wildman–Crippen MR) is 71.3 cm³/mol. The Kier molecular flexibility index (Phi) is 5.61. The lowest BCUT2D eigenvalue weighted by atomic mass is 9.96. The summed E-state index contributed by atoms with van der Waals surface area (Å²) < 4.78 is 4.37. The topological polar surface area (TPSA) is 138 Å². The van der Waals surface area contributed by atoms with E-state index in [0.29, 0.717) is 5.02 Å². The van der Waals surface area contributed by atoms with E-state index in [0.717, 1.165) is 0 Å². The molecule has 0 amide bonds. The molecule has 0 fully saturated rings. The van der Waals surface area contributed by atoms with E-state index in [-0.39, 0.29) is 5.56 Å². The van der Waals surface area contributed by atoms with Crippen LogP contribution in [0.3, 0.4) is 0 Å². The average molecular weight is 331 g/mol. The fraction of sp³-hybridized carbons (Fsp3) is 0.231. The lowest BCUT2D eigenvalue weighted by Crippen LogP contribution is -2.43. The summed E-state index contributed by atoms with van der Waals surface area (Å²) in [7, 11) is 0. The summed E-state index contributed by atoms with van der Waals surface area (Å²) in [6, 6.07) is 5.30. The standard InChI is InChI=1S/C13H11ClO8/c14-8-3-1-7(2-4-8)11(18)22-10(17)6-13(21,12(19)20)5-9(15)16/h1-4,21H,5-6H2,(H,15,16)(H,19,20). The molecule has 1 rings (SSSR count). The van der Waals surface area contributed by atoms with Crippen molar-refractivity contribution in [3.8, 4) is 0 Å². The maximum atomic E-state index is 11.6. The summed E-state index contributed by atoms with van der Waals surface area (Å²) in [6.45, 7) is 0. The van der Waals surface area contributed by atoms with Gasteiger partial charge in [0.1, 0.15) is 0 Å². The van der Waals surface area contributed by atoms with Gasteiger partial charge in [-0.3, -0.25) is 9.59 Å². The lowest BCUT2D eigenvalue weighted by Gasteiger charge is -2.19. The van der Waals surface area contributed by atoms with Crippen LogP contribution in [0.25, 0.3) is 0 Å². The second-order valence-corrected chi connectivity index (χ2v) is 4.79. The molecule has 0 aliphatic carbocycles. The number of carboxylic acids is 2. The minimum atomic E-state index is -2.86. The molecular formula is C13H11ClO8. The maximum Gasteiger partial charge on any atom is 0.345 e. The van der Waals surface area contributed by atoms with Gasteiger partial charge in [-0.2, -0.15) is 0 Å². The van der Waals surface area contributed by atoms with E-state index in [2.05, 4.69) is 4.74 Å². The Labute approximate surface area is 128 Å². The van der Waals surface area contributed by atoms with Crippen molar-refractivity contribution >= 4 is 35.5 Å². The molecule has 0 saturated carbocycles. The molecule has 0 spiro atoms.